The second kappa shape index (κ2) is 16.4. The van der Waals surface area contributed by atoms with E-state index in [1.54, 1.807) is 35.2 Å². The number of amides is 4. The van der Waals surface area contributed by atoms with Crippen LogP contribution in [0, 0.1) is 0 Å². The molecule has 4 rings (SSSR count). The van der Waals surface area contributed by atoms with Gasteiger partial charge in [-0.2, -0.15) is 0 Å². The number of nitrogens with one attached hydrogen (secondary N) is 3. The maximum absolute atomic E-state index is 13.6. The second-order valence-electron chi connectivity index (χ2n) is 10.2. The van der Waals surface area contributed by atoms with Crippen molar-refractivity contribution in [1.82, 2.24) is 20.9 Å². The third-order valence-electron chi connectivity index (χ3n) is 7.13. The van der Waals surface area contributed by atoms with E-state index in [0.29, 0.717) is 17.3 Å². The summed E-state index contributed by atoms with van der Waals surface area (Å²) >= 11 is 6.17. The zero-order chi connectivity index (χ0) is 31.3. The van der Waals surface area contributed by atoms with E-state index >= 15 is 0 Å². The molecule has 1 aliphatic heterocycles. The summed E-state index contributed by atoms with van der Waals surface area (Å²) in [5, 5.41) is 8.81. The molecule has 44 heavy (non-hydrogen) atoms. The van der Waals surface area contributed by atoms with Gasteiger partial charge >= 0.3 is 0 Å². The van der Waals surface area contributed by atoms with Gasteiger partial charge in [-0.1, -0.05) is 72.3 Å². The number of fused-ring (bicyclic) bond motifs is 1. The van der Waals surface area contributed by atoms with Gasteiger partial charge in [-0.3, -0.25) is 19.2 Å². The predicted octanol–water partition coefficient (Wildman–Crippen LogP) is 3.13. The molecule has 1 aliphatic rings. The molecule has 0 saturated carbocycles. The minimum Gasteiger partial charge on any atom is -0.491 e. The van der Waals surface area contributed by atoms with Crippen LogP contribution in [0.3, 0.4) is 0 Å². The Kier molecular flexibility index (Phi) is 12.1. The van der Waals surface area contributed by atoms with Gasteiger partial charge in [-0.25, -0.2) is 0 Å². The Morgan fingerprint density at radius 1 is 1.00 bits per heavy atom. The van der Waals surface area contributed by atoms with Crippen molar-refractivity contribution in [2.24, 2.45) is 0 Å². The molecular weight excluding hydrogens is 584 g/mol. The fraction of sp³-hybridized carbons (Fsp3) is 0.333. The van der Waals surface area contributed by atoms with E-state index in [0.717, 1.165) is 11.1 Å². The Labute approximate surface area is 262 Å². The molecule has 0 radical (unpaired) electrons. The molecule has 0 unspecified atom stereocenters. The van der Waals surface area contributed by atoms with Crippen LogP contribution in [-0.4, -0.2) is 73.5 Å². The van der Waals surface area contributed by atoms with E-state index in [-0.39, 0.29) is 57.2 Å². The Morgan fingerprint density at radius 2 is 1.73 bits per heavy atom. The number of likely N-dealkylation sites (N-methyl/N-ethyl adjacent to an activating group) is 1. The highest BCUT2D eigenvalue weighted by Crippen LogP contribution is 2.19. The molecule has 232 valence electrons. The Balaban J connectivity index is 1.50. The SMILES string of the molecule is CCN1CCOc2ccccc2C(=O)N[C@H](C(=O)NCCOCc2ccccc2Cl)CC(=O)N[C@H](Cc2ccccc2)C1=O. The van der Waals surface area contributed by atoms with Gasteiger partial charge in [0.25, 0.3) is 5.91 Å². The average Bonchev–Trinajstić information content (AvgIpc) is 3.03. The van der Waals surface area contributed by atoms with Gasteiger partial charge in [0.1, 0.15) is 24.4 Å². The van der Waals surface area contributed by atoms with E-state index < -0.39 is 29.8 Å². The molecule has 4 amide bonds. The highest BCUT2D eigenvalue weighted by atomic mass is 35.5. The molecule has 0 saturated heterocycles. The van der Waals surface area contributed by atoms with Crippen LogP contribution < -0.4 is 20.7 Å². The molecule has 3 N–H and O–H groups in total. The first-order valence-electron chi connectivity index (χ1n) is 14.6. The molecule has 2 atom stereocenters. The van der Waals surface area contributed by atoms with Crippen molar-refractivity contribution in [3.63, 3.8) is 0 Å². The third-order valence-corrected chi connectivity index (χ3v) is 7.50. The van der Waals surface area contributed by atoms with Crippen LogP contribution in [0.1, 0.15) is 34.8 Å². The smallest absolute Gasteiger partial charge is 0.255 e. The lowest BCUT2D eigenvalue weighted by Gasteiger charge is -2.28. The first-order valence-corrected chi connectivity index (χ1v) is 15.0. The van der Waals surface area contributed by atoms with Gasteiger partial charge in [0, 0.05) is 24.5 Å². The van der Waals surface area contributed by atoms with Crippen LogP contribution in [0.25, 0.3) is 0 Å². The number of carbonyl (C=O) groups excluding carboxylic acids is 4. The van der Waals surface area contributed by atoms with Crippen LogP contribution in [0.2, 0.25) is 5.02 Å². The zero-order valence-electron chi connectivity index (χ0n) is 24.6. The Morgan fingerprint density at radius 3 is 2.50 bits per heavy atom. The standard InChI is InChI=1S/C33H37ClN4O6/c1-2-38-17-19-44-29-15-9-7-13-25(29)31(40)37-27(32(41)35-16-18-43-22-24-12-6-8-14-26(24)34)21-30(39)36-28(33(38)42)20-23-10-4-3-5-11-23/h3-15,27-28H,2,16-22H2,1H3,(H,35,41)(H,36,39)(H,37,40)/t27-,28+/m0/s1. The lowest BCUT2D eigenvalue weighted by atomic mass is 10.0. The van der Waals surface area contributed by atoms with Crippen molar-refractivity contribution in [2.45, 2.75) is 38.5 Å². The van der Waals surface area contributed by atoms with Crippen molar-refractivity contribution in [2.75, 3.05) is 32.8 Å². The fourth-order valence-electron chi connectivity index (χ4n) is 4.79. The summed E-state index contributed by atoms with van der Waals surface area (Å²) in [5.41, 5.74) is 1.90. The minimum atomic E-state index is -1.23. The van der Waals surface area contributed by atoms with Crippen LogP contribution in [-0.2, 0) is 32.1 Å². The number of ether oxygens (including phenoxy) is 2. The summed E-state index contributed by atoms with van der Waals surface area (Å²) < 4.78 is 11.6. The average molecular weight is 621 g/mol. The highest BCUT2D eigenvalue weighted by Gasteiger charge is 2.30. The van der Waals surface area contributed by atoms with Crippen LogP contribution in [0.15, 0.2) is 78.9 Å². The largest absolute Gasteiger partial charge is 0.491 e. The van der Waals surface area contributed by atoms with Gasteiger partial charge < -0.3 is 30.3 Å². The number of rotatable bonds is 9. The van der Waals surface area contributed by atoms with E-state index in [4.69, 9.17) is 21.1 Å². The molecule has 11 heteroatoms. The molecule has 0 bridgehead atoms. The number of para-hydroxylation sites is 1. The van der Waals surface area contributed by atoms with E-state index in [1.807, 2.05) is 55.5 Å². The molecule has 10 nitrogen and oxygen atoms in total. The highest BCUT2D eigenvalue weighted by molar-refractivity contribution is 6.31. The topological polar surface area (TPSA) is 126 Å². The van der Waals surface area contributed by atoms with Crippen molar-refractivity contribution in [3.8, 4) is 5.75 Å². The summed E-state index contributed by atoms with van der Waals surface area (Å²) in [6.07, 6.45) is -0.122. The van der Waals surface area contributed by atoms with Crippen molar-refractivity contribution >= 4 is 35.2 Å². The number of hydrogen-bond donors (Lipinski definition) is 3. The molecule has 0 aromatic heterocycles. The number of benzene rings is 3. The maximum Gasteiger partial charge on any atom is 0.255 e. The van der Waals surface area contributed by atoms with Crippen molar-refractivity contribution in [1.29, 1.82) is 0 Å². The molecule has 0 fully saturated rings. The van der Waals surface area contributed by atoms with Gasteiger partial charge in [-0.15, -0.1) is 0 Å². The van der Waals surface area contributed by atoms with Crippen LogP contribution in [0.5, 0.6) is 5.75 Å². The Bertz CT molecular complexity index is 1440. The lowest BCUT2D eigenvalue weighted by molar-refractivity contribution is -0.137. The summed E-state index contributed by atoms with van der Waals surface area (Å²) in [7, 11) is 0. The molecule has 1 heterocycles. The molecule has 0 aliphatic carbocycles. The quantitative estimate of drug-likeness (QED) is 0.316. The first kappa shape index (κ1) is 32.5. The van der Waals surface area contributed by atoms with Crippen molar-refractivity contribution in [3.05, 3.63) is 101 Å². The predicted molar refractivity (Wildman–Crippen MR) is 166 cm³/mol. The summed E-state index contributed by atoms with van der Waals surface area (Å²) in [5.74, 6) is -1.64. The molecule has 0 spiro atoms. The summed E-state index contributed by atoms with van der Waals surface area (Å²) in [6.45, 7) is 3.22. The normalized spacial score (nSPS) is 17.9. The van der Waals surface area contributed by atoms with Gasteiger partial charge in [0.15, 0.2) is 0 Å². The van der Waals surface area contributed by atoms with Gasteiger partial charge in [0.05, 0.1) is 31.7 Å². The van der Waals surface area contributed by atoms with Crippen LogP contribution in [0.4, 0.5) is 0 Å². The summed E-state index contributed by atoms with van der Waals surface area (Å²) in [4.78, 5) is 55.2. The number of hydrogen-bond acceptors (Lipinski definition) is 6. The summed E-state index contributed by atoms with van der Waals surface area (Å²) in [6, 6.07) is 21.2. The lowest BCUT2D eigenvalue weighted by Crippen LogP contribution is -2.54. The zero-order valence-corrected chi connectivity index (χ0v) is 25.3. The fourth-order valence-corrected chi connectivity index (χ4v) is 4.98. The van der Waals surface area contributed by atoms with E-state index in [2.05, 4.69) is 16.0 Å². The van der Waals surface area contributed by atoms with Crippen molar-refractivity contribution < 1.29 is 28.7 Å². The minimum absolute atomic E-state index is 0.133. The number of nitrogens with zero attached hydrogens (tertiary/aromatic N) is 1. The third kappa shape index (κ3) is 9.29. The van der Waals surface area contributed by atoms with E-state index in [9.17, 15) is 19.2 Å². The van der Waals surface area contributed by atoms with Gasteiger partial charge in [-0.05, 0) is 36.2 Å². The van der Waals surface area contributed by atoms with Crippen LogP contribution >= 0.6 is 11.6 Å². The number of halogens is 1. The Hall–Kier alpha value is -4.41. The molecular formula is C33H37ClN4O6. The maximum atomic E-state index is 13.6. The molecule has 3 aromatic carbocycles. The van der Waals surface area contributed by atoms with Gasteiger partial charge in [0.2, 0.25) is 17.7 Å². The number of carbonyl (C=O) groups is 4. The van der Waals surface area contributed by atoms with E-state index in [1.165, 1.54) is 0 Å². The monoisotopic (exact) mass is 620 g/mol. The first-order chi connectivity index (χ1) is 21.4. The second-order valence-corrected chi connectivity index (χ2v) is 10.6. The molecule has 3 aromatic rings.